The SMILES string of the molecule is C#C.Cc1c(COc2cc(OCc3cncc(C#N)c3)c(CN3CCCCC3)cc2Br)cccc1-c1ccc2c(c1)OCCO2.O=CO. The van der Waals surface area contributed by atoms with Gasteiger partial charge < -0.3 is 24.1 Å². The van der Waals surface area contributed by atoms with Crippen molar-refractivity contribution in [2.45, 2.75) is 45.9 Å². The van der Waals surface area contributed by atoms with Crippen LogP contribution in [0.5, 0.6) is 23.0 Å². The average molecular weight is 713 g/mol. The molecule has 1 fully saturated rings. The summed E-state index contributed by atoms with van der Waals surface area (Å²) in [4.78, 5) is 15.0. The van der Waals surface area contributed by atoms with Crippen LogP contribution < -0.4 is 18.9 Å². The molecule has 0 bridgehead atoms. The molecule has 2 aliphatic heterocycles. The number of aromatic nitrogens is 1. The highest BCUT2D eigenvalue weighted by Crippen LogP contribution is 2.38. The fourth-order valence-corrected chi connectivity index (χ4v) is 6.12. The number of rotatable bonds is 9. The number of halogens is 1. The third kappa shape index (κ3) is 9.51. The normalized spacial score (nSPS) is 13.4. The zero-order valence-corrected chi connectivity index (χ0v) is 28.4. The van der Waals surface area contributed by atoms with Gasteiger partial charge in [-0.05, 0) is 95.3 Å². The fraction of sp³-hybridized carbons (Fsp3) is 0.289. The van der Waals surface area contributed by atoms with E-state index in [1.54, 1.807) is 12.4 Å². The Labute approximate surface area is 290 Å². The standard InChI is InChI=1S/C35H34BrN3O4.C2H2.CH2O2/c1-24-28(6-5-7-30(24)27-8-9-32-35(16-27)41-13-12-40-32)23-43-34-17-33(42-22-26-14-25(18-37)19-38-20-26)29(15-31(34)36)21-39-10-3-2-4-11-39;1-2;2-1-3/h5-9,14-17,19-20H,2-4,10-13,21-23H2,1H3;1-2H;1H,(H,2,3). The number of nitriles is 1. The van der Waals surface area contributed by atoms with Crippen molar-refractivity contribution < 1.29 is 28.8 Å². The van der Waals surface area contributed by atoms with Crippen LogP contribution in [0.25, 0.3) is 11.1 Å². The lowest BCUT2D eigenvalue weighted by molar-refractivity contribution is -0.122. The van der Waals surface area contributed by atoms with E-state index in [9.17, 15) is 5.26 Å². The van der Waals surface area contributed by atoms with Crippen LogP contribution in [-0.2, 0) is 24.6 Å². The zero-order valence-electron chi connectivity index (χ0n) is 26.9. The van der Waals surface area contributed by atoms with Gasteiger partial charge in [0, 0.05) is 36.1 Å². The van der Waals surface area contributed by atoms with E-state index in [-0.39, 0.29) is 6.47 Å². The summed E-state index contributed by atoms with van der Waals surface area (Å²) in [5.74, 6) is 3.05. The minimum atomic E-state index is -0.250. The Morgan fingerprint density at radius 2 is 1.69 bits per heavy atom. The van der Waals surface area contributed by atoms with Crippen LogP contribution in [0.15, 0.2) is 71.5 Å². The monoisotopic (exact) mass is 711 g/mol. The van der Waals surface area contributed by atoms with Crippen molar-refractivity contribution in [1.82, 2.24) is 9.88 Å². The summed E-state index contributed by atoms with van der Waals surface area (Å²) in [5.41, 5.74) is 6.92. The summed E-state index contributed by atoms with van der Waals surface area (Å²) in [5, 5.41) is 16.2. The first-order chi connectivity index (χ1) is 23.5. The second-order valence-electron chi connectivity index (χ2n) is 11.1. The molecule has 0 atom stereocenters. The van der Waals surface area contributed by atoms with Gasteiger partial charge in [0.05, 0.1) is 10.0 Å². The average Bonchev–Trinajstić information content (AvgIpc) is 3.13. The molecule has 0 spiro atoms. The molecule has 3 heterocycles. The molecule has 1 N–H and O–H groups in total. The summed E-state index contributed by atoms with van der Waals surface area (Å²) in [7, 11) is 0. The van der Waals surface area contributed by atoms with Crippen LogP contribution in [0.2, 0.25) is 0 Å². The molecule has 3 aromatic carbocycles. The first kappa shape index (κ1) is 35.8. The van der Waals surface area contributed by atoms with Crippen LogP contribution in [-0.4, -0.2) is 47.8 Å². The first-order valence-electron chi connectivity index (χ1n) is 15.5. The van der Waals surface area contributed by atoms with Gasteiger partial charge in [0.15, 0.2) is 11.5 Å². The molecule has 0 saturated carbocycles. The number of hydrogen-bond donors (Lipinski definition) is 1. The van der Waals surface area contributed by atoms with E-state index in [1.165, 1.54) is 19.3 Å². The van der Waals surface area contributed by atoms with E-state index in [1.807, 2.05) is 24.3 Å². The zero-order chi connectivity index (χ0) is 34.3. The molecular weight excluding hydrogens is 674 g/mol. The minimum Gasteiger partial charge on any atom is -0.488 e. The third-order valence-electron chi connectivity index (χ3n) is 7.96. The van der Waals surface area contributed by atoms with E-state index in [4.69, 9.17) is 28.8 Å². The van der Waals surface area contributed by atoms with Gasteiger partial charge in [0.2, 0.25) is 0 Å². The van der Waals surface area contributed by atoms with Gasteiger partial charge >= 0.3 is 0 Å². The van der Waals surface area contributed by atoms with E-state index in [0.717, 1.165) is 74.7 Å². The first-order valence-corrected chi connectivity index (χ1v) is 16.3. The Balaban J connectivity index is 0.000000986. The maximum absolute atomic E-state index is 9.27. The molecule has 6 rings (SSSR count). The topological polar surface area (TPSA) is 114 Å². The highest BCUT2D eigenvalue weighted by molar-refractivity contribution is 9.10. The van der Waals surface area contributed by atoms with Gasteiger partial charge in [-0.3, -0.25) is 14.7 Å². The molecule has 0 radical (unpaired) electrons. The minimum absolute atomic E-state index is 0.250. The van der Waals surface area contributed by atoms with Crippen LogP contribution in [0, 0.1) is 31.1 Å². The van der Waals surface area contributed by atoms with Crippen molar-refractivity contribution in [2.75, 3.05) is 26.3 Å². The molecule has 9 nitrogen and oxygen atoms in total. The molecule has 248 valence electrons. The van der Waals surface area contributed by atoms with Gasteiger partial charge in [0.1, 0.15) is 44.0 Å². The smallest absolute Gasteiger partial charge is 0.290 e. The van der Waals surface area contributed by atoms with Gasteiger partial charge in [0.25, 0.3) is 6.47 Å². The summed E-state index contributed by atoms with van der Waals surface area (Å²) in [6, 6.07) is 20.4. The van der Waals surface area contributed by atoms with Crippen molar-refractivity contribution in [2.24, 2.45) is 0 Å². The van der Waals surface area contributed by atoms with Crippen LogP contribution >= 0.6 is 15.9 Å². The summed E-state index contributed by atoms with van der Waals surface area (Å²) < 4.78 is 25.2. The Bertz CT molecular complexity index is 1750. The van der Waals surface area contributed by atoms with Crippen molar-refractivity contribution in [3.05, 3.63) is 99.3 Å². The Kier molecular flexibility index (Phi) is 13.7. The van der Waals surface area contributed by atoms with E-state index < -0.39 is 0 Å². The molecule has 4 aromatic rings. The lowest BCUT2D eigenvalue weighted by atomic mass is 9.96. The van der Waals surface area contributed by atoms with Crippen molar-refractivity contribution in [1.29, 1.82) is 5.26 Å². The van der Waals surface area contributed by atoms with Gasteiger partial charge in [-0.25, -0.2) is 0 Å². The molecule has 1 aromatic heterocycles. The number of terminal acetylenes is 1. The third-order valence-corrected chi connectivity index (χ3v) is 8.58. The fourth-order valence-electron chi connectivity index (χ4n) is 5.61. The second-order valence-corrected chi connectivity index (χ2v) is 11.9. The number of piperidine rings is 1. The maximum Gasteiger partial charge on any atom is 0.290 e. The van der Waals surface area contributed by atoms with Crippen LogP contribution in [0.3, 0.4) is 0 Å². The number of carboxylic acid groups (broad SMARTS) is 1. The summed E-state index contributed by atoms with van der Waals surface area (Å²) in [6.45, 7) is 6.70. The quantitative estimate of drug-likeness (QED) is 0.139. The number of pyridine rings is 1. The largest absolute Gasteiger partial charge is 0.488 e. The lowest BCUT2D eigenvalue weighted by Crippen LogP contribution is -2.29. The Hall–Kier alpha value is -5.03. The summed E-state index contributed by atoms with van der Waals surface area (Å²) >= 11 is 3.77. The summed E-state index contributed by atoms with van der Waals surface area (Å²) in [6.07, 6.45) is 15.0. The molecule has 0 aliphatic carbocycles. The van der Waals surface area contributed by atoms with Crippen molar-refractivity contribution in [3.63, 3.8) is 0 Å². The number of fused-ring (bicyclic) bond motifs is 1. The molecular formula is C38H38BrN3O6. The molecule has 0 amide bonds. The Morgan fingerprint density at radius 1 is 0.958 bits per heavy atom. The van der Waals surface area contributed by atoms with E-state index in [2.05, 4.69) is 82.0 Å². The predicted molar refractivity (Wildman–Crippen MR) is 187 cm³/mol. The number of benzene rings is 3. The van der Waals surface area contributed by atoms with Crippen LogP contribution in [0.1, 0.15) is 47.1 Å². The second kappa shape index (κ2) is 18.3. The van der Waals surface area contributed by atoms with Crippen molar-refractivity contribution in [3.8, 4) is 53.0 Å². The number of ether oxygens (including phenoxy) is 4. The molecule has 0 unspecified atom stereocenters. The predicted octanol–water partition coefficient (Wildman–Crippen LogP) is 7.56. The Morgan fingerprint density at radius 3 is 2.44 bits per heavy atom. The van der Waals surface area contributed by atoms with Crippen molar-refractivity contribution >= 4 is 22.4 Å². The van der Waals surface area contributed by atoms with Gasteiger partial charge in [-0.15, -0.1) is 12.8 Å². The maximum atomic E-state index is 9.27. The molecule has 1 saturated heterocycles. The molecule has 2 aliphatic rings. The van der Waals surface area contributed by atoms with Crippen LogP contribution in [0.4, 0.5) is 0 Å². The highest BCUT2D eigenvalue weighted by Gasteiger charge is 2.18. The van der Waals surface area contributed by atoms with E-state index in [0.29, 0.717) is 37.7 Å². The number of hydrogen-bond acceptors (Lipinski definition) is 8. The number of carbonyl (C=O) groups is 1. The lowest BCUT2D eigenvalue weighted by Gasteiger charge is -2.27. The number of nitrogens with zero attached hydrogens (tertiary/aromatic N) is 3. The van der Waals surface area contributed by atoms with E-state index >= 15 is 0 Å². The number of likely N-dealkylation sites (tertiary alicyclic amines) is 1. The molecule has 10 heteroatoms. The van der Waals surface area contributed by atoms with Gasteiger partial charge in [-0.1, -0.05) is 30.7 Å². The molecule has 48 heavy (non-hydrogen) atoms. The highest BCUT2D eigenvalue weighted by atomic mass is 79.9. The van der Waals surface area contributed by atoms with Gasteiger partial charge in [-0.2, -0.15) is 5.26 Å².